The molecule has 6 heterocycles. The number of nitrogens with one attached hydrogen (secondary N) is 1. The quantitative estimate of drug-likeness (QED) is 0.570. The second kappa shape index (κ2) is 9.43. The molecule has 0 aliphatic carbocycles. The Morgan fingerprint density at radius 3 is 2.83 bits per heavy atom. The van der Waals surface area contributed by atoms with Crippen molar-refractivity contribution in [3.05, 3.63) is 41.9 Å². The van der Waals surface area contributed by atoms with Gasteiger partial charge < -0.3 is 24.3 Å². The van der Waals surface area contributed by atoms with Gasteiger partial charge in [0.05, 0.1) is 37.3 Å². The van der Waals surface area contributed by atoms with Crippen molar-refractivity contribution < 1.29 is 23.3 Å². The van der Waals surface area contributed by atoms with Crippen molar-refractivity contribution in [3.8, 4) is 23.1 Å². The Labute approximate surface area is 202 Å². The van der Waals surface area contributed by atoms with Gasteiger partial charge in [0.25, 0.3) is 0 Å². The summed E-state index contributed by atoms with van der Waals surface area (Å²) in [6, 6.07) is 5.36. The molecule has 3 aromatic heterocycles. The largest absolute Gasteiger partial charge is 0.491 e. The molecule has 6 rings (SSSR count). The van der Waals surface area contributed by atoms with Crippen LogP contribution in [0.15, 0.2) is 30.6 Å². The summed E-state index contributed by atoms with van der Waals surface area (Å²) in [5.74, 6) is 2.76. The van der Waals surface area contributed by atoms with Crippen LogP contribution in [0.5, 0.6) is 23.1 Å². The van der Waals surface area contributed by atoms with E-state index in [0.29, 0.717) is 56.8 Å². The maximum Gasteiger partial charge on any atom is 0.213 e. The lowest BCUT2D eigenvalue weighted by Gasteiger charge is -2.36. The number of ether oxygens (including phenoxy) is 4. The van der Waals surface area contributed by atoms with Crippen LogP contribution in [0, 0.1) is 0 Å². The van der Waals surface area contributed by atoms with Crippen LogP contribution >= 0.6 is 0 Å². The van der Waals surface area contributed by atoms with Crippen LogP contribution in [0.1, 0.15) is 23.6 Å². The molecule has 9 nitrogen and oxygen atoms in total. The summed E-state index contributed by atoms with van der Waals surface area (Å²) in [4.78, 5) is 15.7. The van der Waals surface area contributed by atoms with Gasteiger partial charge in [-0.1, -0.05) is 0 Å². The first-order valence-corrected chi connectivity index (χ1v) is 12.0. The normalized spacial score (nSPS) is 23.7. The highest BCUT2D eigenvalue weighted by Crippen LogP contribution is 2.39. The second-order valence-electron chi connectivity index (χ2n) is 9.14. The number of halogens is 1. The molecule has 0 aromatic carbocycles. The monoisotopic (exact) mass is 481 g/mol. The second-order valence-corrected chi connectivity index (χ2v) is 9.14. The molecule has 1 saturated heterocycles. The topological polar surface area (TPSA) is 90.9 Å². The summed E-state index contributed by atoms with van der Waals surface area (Å²) in [6.07, 6.45) is 3.17. The summed E-state index contributed by atoms with van der Waals surface area (Å²) >= 11 is 0. The third kappa shape index (κ3) is 4.43. The van der Waals surface area contributed by atoms with E-state index in [1.54, 1.807) is 25.6 Å². The van der Waals surface area contributed by atoms with E-state index in [2.05, 4.69) is 25.2 Å². The fourth-order valence-corrected chi connectivity index (χ4v) is 5.09. The van der Waals surface area contributed by atoms with E-state index in [9.17, 15) is 0 Å². The molecule has 0 bridgehead atoms. The Bertz CT molecular complexity index is 1230. The highest BCUT2D eigenvalue weighted by atomic mass is 19.1. The van der Waals surface area contributed by atoms with E-state index in [4.69, 9.17) is 18.9 Å². The standard InChI is InChI=1S/C25H28FN5O4/c1-32-23-3-2-19-25(30-23)24-15(14-35-22(24)11-29-19)12-31-5-4-18(17(26)13-31)28-9-16-8-20-21(10-27-16)34-7-6-33-20/h2-3,8,10-11,15,17-18,28H,4-7,9,12-14H2,1H3/t15?,17-,18+/m0/s1. The molecule has 1 N–H and O–H groups in total. The maximum atomic E-state index is 15.2. The van der Waals surface area contributed by atoms with Gasteiger partial charge in [-0.2, -0.15) is 0 Å². The zero-order valence-corrected chi connectivity index (χ0v) is 19.6. The predicted molar refractivity (Wildman–Crippen MR) is 126 cm³/mol. The molecule has 0 amide bonds. The molecule has 3 atom stereocenters. The Morgan fingerprint density at radius 1 is 1.11 bits per heavy atom. The van der Waals surface area contributed by atoms with Crippen molar-refractivity contribution in [1.29, 1.82) is 0 Å². The number of hydrogen-bond donors (Lipinski definition) is 1. The SMILES string of the molecule is COc1ccc2ncc3c(c2n1)C(CN1CC[C@@H](NCc2cc4c(cn2)OCCO4)[C@@H](F)C1)CO3. The van der Waals surface area contributed by atoms with E-state index < -0.39 is 6.17 Å². The molecule has 1 fully saturated rings. The average Bonchev–Trinajstić information content (AvgIpc) is 3.31. The van der Waals surface area contributed by atoms with Crippen LogP contribution < -0.4 is 24.3 Å². The number of rotatable bonds is 6. The molecule has 0 saturated carbocycles. The van der Waals surface area contributed by atoms with Crippen molar-refractivity contribution in [2.24, 2.45) is 0 Å². The first-order chi connectivity index (χ1) is 17.2. The first kappa shape index (κ1) is 22.2. The number of aromatic nitrogens is 3. The van der Waals surface area contributed by atoms with Gasteiger partial charge in [0.2, 0.25) is 5.88 Å². The van der Waals surface area contributed by atoms with Crippen molar-refractivity contribution >= 4 is 11.0 Å². The van der Waals surface area contributed by atoms with Crippen LogP contribution in [0.3, 0.4) is 0 Å². The molecule has 3 aromatic rings. The van der Waals surface area contributed by atoms with Crippen molar-refractivity contribution in [2.45, 2.75) is 31.1 Å². The number of hydrogen-bond acceptors (Lipinski definition) is 9. The minimum atomic E-state index is -0.977. The summed E-state index contributed by atoms with van der Waals surface area (Å²) in [6.45, 7) is 3.97. The third-order valence-corrected chi connectivity index (χ3v) is 6.88. The minimum absolute atomic E-state index is 0.105. The number of piperidine rings is 1. The van der Waals surface area contributed by atoms with Gasteiger partial charge in [0.15, 0.2) is 11.5 Å². The lowest BCUT2D eigenvalue weighted by Crippen LogP contribution is -2.51. The molecule has 3 aliphatic rings. The number of fused-ring (bicyclic) bond motifs is 4. The molecular formula is C25H28FN5O4. The van der Waals surface area contributed by atoms with E-state index in [1.165, 1.54) is 0 Å². The highest BCUT2D eigenvalue weighted by Gasteiger charge is 2.34. The highest BCUT2D eigenvalue weighted by molar-refractivity contribution is 5.81. The fourth-order valence-electron chi connectivity index (χ4n) is 5.09. The Kier molecular flexibility index (Phi) is 5.99. The average molecular weight is 482 g/mol. The van der Waals surface area contributed by atoms with Crippen LogP contribution in [-0.4, -0.2) is 78.6 Å². The van der Waals surface area contributed by atoms with Gasteiger partial charge in [0.1, 0.15) is 30.7 Å². The minimum Gasteiger partial charge on any atom is -0.491 e. The number of pyridine rings is 3. The van der Waals surface area contributed by atoms with Gasteiger partial charge >= 0.3 is 0 Å². The van der Waals surface area contributed by atoms with E-state index in [0.717, 1.165) is 41.0 Å². The Morgan fingerprint density at radius 2 is 1.97 bits per heavy atom. The summed E-state index contributed by atoms with van der Waals surface area (Å²) in [5.41, 5.74) is 3.45. The lowest BCUT2D eigenvalue weighted by atomic mass is 9.97. The molecule has 10 heteroatoms. The van der Waals surface area contributed by atoms with Crippen molar-refractivity contribution in [1.82, 2.24) is 25.2 Å². The third-order valence-electron chi connectivity index (χ3n) is 6.88. The van der Waals surface area contributed by atoms with Crippen molar-refractivity contribution in [3.63, 3.8) is 0 Å². The van der Waals surface area contributed by atoms with Crippen molar-refractivity contribution in [2.75, 3.05) is 46.6 Å². The fraction of sp³-hybridized carbons (Fsp3) is 0.480. The smallest absolute Gasteiger partial charge is 0.213 e. The van der Waals surface area contributed by atoms with Crippen LogP contribution in [-0.2, 0) is 6.54 Å². The zero-order valence-electron chi connectivity index (χ0n) is 19.6. The van der Waals surface area contributed by atoms with E-state index in [1.807, 2.05) is 12.1 Å². The summed E-state index contributed by atoms with van der Waals surface area (Å²) in [5, 5.41) is 3.34. The van der Waals surface area contributed by atoms with Crippen LogP contribution in [0.4, 0.5) is 4.39 Å². The number of likely N-dealkylation sites (tertiary alicyclic amines) is 1. The number of nitrogens with zero attached hydrogens (tertiary/aromatic N) is 4. The zero-order chi connectivity index (χ0) is 23.8. The van der Waals surface area contributed by atoms with E-state index in [-0.39, 0.29) is 12.0 Å². The van der Waals surface area contributed by atoms with Crippen LogP contribution in [0.25, 0.3) is 11.0 Å². The summed E-state index contributed by atoms with van der Waals surface area (Å²) < 4.78 is 37.5. The molecule has 1 unspecified atom stereocenters. The number of methoxy groups -OCH3 is 1. The summed E-state index contributed by atoms with van der Waals surface area (Å²) in [7, 11) is 1.60. The van der Waals surface area contributed by atoms with Gasteiger partial charge in [-0.05, 0) is 19.0 Å². The van der Waals surface area contributed by atoms with Gasteiger partial charge in [0, 0.05) is 49.3 Å². The molecule has 0 radical (unpaired) electrons. The first-order valence-electron chi connectivity index (χ1n) is 12.0. The molecule has 184 valence electrons. The van der Waals surface area contributed by atoms with Gasteiger partial charge in [-0.25, -0.2) is 9.37 Å². The number of alkyl halides is 1. The predicted octanol–water partition coefficient (Wildman–Crippen LogP) is 2.48. The molecule has 0 spiro atoms. The van der Waals surface area contributed by atoms with E-state index >= 15 is 4.39 Å². The lowest BCUT2D eigenvalue weighted by molar-refractivity contribution is 0.0956. The Balaban J connectivity index is 1.08. The molecular weight excluding hydrogens is 453 g/mol. The van der Waals surface area contributed by atoms with Gasteiger partial charge in [-0.3, -0.25) is 14.9 Å². The van der Waals surface area contributed by atoms with Gasteiger partial charge in [-0.15, -0.1) is 0 Å². The maximum absolute atomic E-state index is 15.2. The molecule has 3 aliphatic heterocycles. The van der Waals surface area contributed by atoms with Crippen LogP contribution in [0.2, 0.25) is 0 Å². The molecule has 35 heavy (non-hydrogen) atoms. The Hall–Kier alpha value is -3.24.